The first kappa shape index (κ1) is 8.02. The summed E-state index contributed by atoms with van der Waals surface area (Å²) in [6, 6.07) is 0. The highest BCUT2D eigenvalue weighted by Gasteiger charge is 2.30. The smallest absolute Gasteiger partial charge is 0.120 e. The lowest BCUT2D eigenvalue weighted by atomic mass is 10.1. The number of rotatable bonds is 2. The molecule has 1 aliphatic rings. The molecule has 0 bridgehead atoms. The summed E-state index contributed by atoms with van der Waals surface area (Å²) in [4.78, 5) is 10.0. The lowest BCUT2D eigenvalue weighted by molar-refractivity contribution is -0.108. The van der Waals surface area contributed by atoms with Crippen LogP contribution in [0.4, 0.5) is 0 Å². The maximum atomic E-state index is 10.0. The molecule has 3 unspecified atom stereocenters. The third-order valence-corrected chi connectivity index (χ3v) is 2.45. The first-order chi connectivity index (χ1) is 4.74. The minimum absolute atomic E-state index is 0.134. The minimum Gasteiger partial charge on any atom is -0.392 e. The highest BCUT2D eigenvalue weighted by molar-refractivity contribution is 6.21. The van der Waals surface area contributed by atoms with E-state index in [-0.39, 0.29) is 5.38 Å². The summed E-state index contributed by atoms with van der Waals surface area (Å²) in [7, 11) is 0. The fourth-order valence-corrected chi connectivity index (χ4v) is 1.74. The molecule has 1 fully saturated rings. The SMILES string of the molecule is O=CCC1CC(O)C(Cl)C1. The largest absolute Gasteiger partial charge is 0.392 e. The maximum absolute atomic E-state index is 10.0. The van der Waals surface area contributed by atoms with Gasteiger partial charge >= 0.3 is 0 Å². The standard InChI is InChI=1S/C7H11ClO2/c8-6-3-5(1-2-9)4-7(6)10/h2,5-7,10H,1,3-4H2. The zero-order valence-electron chi connectivity index (χ0n) is 5.66. The van der Waals surface area contributed by atoms with Gasteiger partial charge in [0.15, 0.2) is 0 Å². The molecule has 0 spiro atoms. The van der Waals surface area contributed by atoms with Gasteiger partial charge in [-0.15, -0.1) is 11.6 Å². The number of aldehydes is 1. The van der Waals surface area contributed by atoms with Gasteiger partial charge < -0.3 is 9.90 Å². The van der Waals surface area contributed by atoms with Crippen molar-refractivity contribution >= 4 is 17.9 Å². The second-order valence-electron chi connectivity index (χ2n) is 2.82. The van der Waals surface area contributed by atoms with Crippen molar-refractivity contribution < 1.29 is 9.90 Å². The van der Waals surface area contributed by atoms with E-state index in [0.717, 1.165) is 12.7 Å². The number of alkyl halides is 1. The van der Waals surface area contributed by atoms with Gasteiger partial charge in [-0.1, -0.05) is 0 Å². The Hall–Kier alpha value is -0.0800. The zero-order chi connectivity index (χ0) is 7.56. The number of halogens is 1. The Morgan fingerprint density at radius 3 is 2.70 bits per heavy atom. The zero-order valence-corrected chi connectivity index (χ0v) is 6.42. The fraction of sp³-hybridized carbons (Fsp3) is 0.857. The molecule has 1 N–H and O–H groups in total. The molecule has 0 heterocycles. The normalized spacial score (nSPS) is 40.0. The van der Waals surface area contributed by atoms with Crippen molar-refractivity contribution in [3.8, 4) is 0 Å². The number of aliphatic hydroxyl groups excluding tert-OH is 1. The van der Waals surface area contributed by atoms with E-state index in [0.29, 0.717) is 18.8 Å². The Morgan fingerprint density at radius 2 is 2.30 bits per heavy atom. The van der Waals surface area contributed by atoms with Gasteiger partial charge in [0.05, 0.1) is 11.5 Å². The summed E-state index contributed by atoms with van der Waals surface area (Å²) in [5.41, 5.74) is 0. The quantitative estimate of drug-likeness (QED) is 0.485. The van der Waals surface area contributed by atoms with Gasteiger partial charge in [0.2, 0.25) is 0 Å². The Kier molecular flexibility index (Phi) is 2.69. The van der Waals surface area contributed by atoms with Crippen LogP contribution in [-0.4, -0.2) is 22.9 Å². The van der Waals surface area contributed by atoms with Gasteiger partial charge in [0, 0.05) is 6.42 Å². The van der Waals surface area contributed by atoms with Gasteiger partial charge in [-0.3, -0.25) is 0 Å². The van der Waals surface area contributed by atoms with Crippen molar-refractivity contribution in [2.45, 2.75) is 30.7 Å². The predicted molar refractivity (Wildman–Crippen MR) is 39.1 cm³/mol. The molecular formula is C7H11ClO2. The van der Waals surface area contributed by atoms with E-state index in [9.17, 15) is 4.79 Å². The van der Waals surface area contributed by atoms with Crippen LogP contribution in [0.1, 0.15) is 19.3 Å². The summed E-state index contributed by atoms with van der Waals surface area (Å²) in [6.45, 7) is 0. The highest BCUT2D eigenvalue weighted by atomic mass is 35.5. The molecule has 0 amide bonds. The summed E-state index contributed by atoms with van der Waals surface area (Å²) < 4.78 is 0. The lowest BCUT2D eigenvalue weighted by Crippen LogP contribution is -2.11. The van der Waals surface area contributed by atoms with Gasteiger partial charge in [-0.25, -0.2) is 0 Å². The van der Waals surface area contributed by atoms with Crippen LogP contribution in [0.15, 0.2) is 0 Å². The summed E-state index contributed by atoms with van der Waals surface area (Å²) in [5, 5.41) is 9.01. The van der Waals surface area contributed by atoms with Crippen LogP contribution in [0, 0.1) is 5.92 Å². The van der Waals surface area contributed by atoms with Crippen molar-refractivity contribution in [1.29, 1.82) is 0 Å². The molecule has 0 aromatic heterocycles. The molecule has 2 nitrogen and oxygen atoms in total. The third-order valence-electron chi connectivity index (χ3n) is 1.98. The molecule has 0 aromatic carbocycles. The van der Waals surface area contributed by atoms with E-state index in [4.69, 9.17) is 16.7 Å². The number of aliphatic hydroxyl groups is 1. The molecule has 1 aliphatic carbocycles. The second-order valence-corrected chi connectivity index (χ2v) is 3.38. The van der Waals surface area contributed by atoms with E-state index < -0.39 is 6.10 Å². The Morgan fingerprint density at radius 1 is 1.60 bits per heavy atom. The number of hydrogen-bond acceptors (Lipinski definition) is 2. The highest BCUT2D eigenvalue weighted by Crippen LogP contribution is 2.31. The van der Waals surface area contributed by atoms with Crippen LogP contribution >= 0.6 is 11.6 Å². The van der Waals surface area contributed by atoms with Crippen LogP contribution in [0.2, 0.25) is 0 Å². The van der Waals surface area contributed by atoms with E-state index in [2.05, 4.69) is 0 Å². The van der Waals surface area contributed by atoms with Gasteiger partial charge in [-0.05, 0) is 18.8 Å². The van der Waals surface area contributed by atoms with Crippen LogP contribution < -0.4 is 0 Å². The topological polar surface area (TPSA) is 37.3 Å². The lowest BCUT2D eigenvalue weighted by Gasteiger charge is -2.01. The molecule has 3 heteroatoms. The molecule has 0 radical (unpaired) electrons. The first-order valence-electron chi connectivity index (χ1n) is 3.49. The van der Waals surface area contributed by atoms with Crippen molar-refractivity contribution in [2.24, 2.45) is 5.92 Å². The fourth-order valence-electron chi connectivity index (χ4n) is 1.39. The van der Waals surface area contributed by atoms with Gasteiger partial charge in [0.1, 0.15) is 6.29 Å². The van der Waals surface area contributed by atoms with Crippen LogP contribution in [0.25, 0.3) is 0 Å². The molecular weight excluding hydrogens is 152 g/mol. The van der Waals surface area contributed by atoms with Gasteiger partial charge in [0.25, 0.3) is 0 Å². The predicted octanol–water partition coefficient (Wildman–Crippen LogP) is 0.954. The Balaban J connectivity index is 2.33. The monoisotopic (exact) mass is 162 g/mol. The number of hydrogen-bond donors (Lipinski definition) is 1. The first-order valence-corrected chi connectivity index (χ1v) is 3.93. The molecule has 1 rings (SSSR count). The number of carbonyl (C=O) groups excluding carboxylic acids is 1. The third kappa shape index (κ3) is 1.70. The second kappa shape index (κ2) is 3.35. The van der Waals surface area contributed by atoms with Crippen molar-refractivity contribution in [3.05, 3.63) is 0 Å². The molecule has 10 heavy (non-hydrogen) atoms. The Labute approximate surface area is 65.2 Å². The molecule has 0 saturated heterocycles. The Bertz CT molecular complexity index is 117. The molecule has 0 aliphatic heterocycles. The minimum atomic E-state index is -0.397. The van der Waals surface area contributed by atoms with E-state index in [1.165, 1.54) is 0 Å². The molecule has 3 atom stereocenters. The van der Waals surface area contributed by atoms with E-state index in [1.807, 2.05) is 0 Å². The van der Waals surface area contributed by atoms with Crippen LogP contribution in [0.3, 0.4) is 0 Å². The van der Waals surface area contributed by atoms with Crippen LogP contribution in [-0.2, 0) is 4.79 Å². The van der Waals surface area contributed by atoms with Crippen molar-refractivity contribution in [3.63, 3.8) is 0 Å². The molecule has 1 saturated carbocycles. The van der Waals surface area contributed by atoms with Crippen molar-refractivity contribution in [2.75, 3.05) is 0 Å². The average molecular weight is 163 g/mol. The summed E-state index contributed by atoms with van der Waals surface area (Å²) in [6.07, 6.45) is 2.51. The average Bonchev–Trinajstić information content (AvgIpc) is 2.14. The van der Waals surface area contributed by atoms with E-state index >= 15 is 0 Å². The molecule has 58 valence electrons. The van der Waals surface area contributed by atoms with Crippen molar-refractivity contribution in [1.82, 2.24) is 0 Å². The maximum Gasteiger partial charge on any atom is 0.120 e. The molecule has 0 aromatic rings. The van der Waals surface area contributed by atoms with E-state index in [1.54, 1.807) is 0 Å². The summed E-state index contributed by atoms with van der Waals surface area (Å²) in [5.74, 6) is 0.315. The van der Waals surface area contributed by atoms with Crippen LogP contribution in [0.5, 0.6) is 0 Å². The van der Waals surface area contributed by atoms with Gasteiger partial charge in [-0.2, -0.15) is 0 Å². The number of carbonyl (C=O) groups is 1. The summed E-state index contributed by atoms with van der Waals surface area (Å²) >= 11 is 5.73.